The maximum Gasteiger partial charge on any atom is 0.244 e. The average Bonchev–Trinajstić information content (AvgIpc) is 3.18. The van der Waals surface area contributed by atoms with Crippen LogP contribution in [0.1, 0.15) is 31.3 Å². The van der Waals surface area contributed by atoms with Crippen LogP contribution in [0.2, 0.25) is 0 Å². The molecule has 2 atom stereocenters. The van der Waals surface area contributed by atoms with Crippen LogP contribution in [-0.4, -0.2) is 65.6 Å². The molecule has 1 aromatic carbocycles. The highest BCUT2D eigenvalue weighted by atomic mass is 16.5. The third kappa shape index (κ3) is 4.54. The van der Waals surface area contributed by atoms with Crippen LogP contribution >= 0.6 is 0 Å². The number of carbonyl (C=O) groups excluding carboxylic acids is 1. The van der Waals surface area contributed by atoms with Crippen LogP contribution in [0.3, 0.4) is 0 Å². The number of hydrogen-bond donors (Lipinski definition) is 1. The van der Waals surface area contributed by atoms with Gasteiger partial charge in [0.25, 0.3) is 0 Å². The Labute approximate surface area is 160 Å². The standard InChI is InChI=1S/C20H29N5O2/c1-14-5-7-17(8-6-14)18-22-19(27-23-18)16(3)24-9-11-25(12-10-24)20(26)15(2)13-21-4/h5-8,15-16,21H,9-13H2,1-4H3. The number of aromatic nitrogens is 2. The van der Waals surface area contributed by atoms with E-state index in [0.717, 1.165) is 31.7 Å². The van der Waals surface area contributed by atoms with Crippen molar-refractivity contribution in [3.05, 3.63) is 35.7 Å². The van der Waals surface area contributed by atoms with Gasteiger partial charge in [-0.25, -0.2) is 0 Å². The molecule has 2 aromatic rings. The highest BCUT2D eigenvalue weighted by Crippen LogP contribution is 2.24. The first kappa shape index (κ1) is 19.5. The van der Waals surface area contributed by atoms with Crippen molar-refractivity contribution in [2.24, 2.45) is 5.92 Å². The van der Waals surface area contributed by atoms with Crippen molar-refractivity contribution in [1.29, 1.82) is 0 Å². The van der Waals surface area contributed by atoms with Crippen LogP contribution in [0.5, 0.6) is 0 Å². The number of hydrogen-bond acceptors (Lipinski definition) is 6. The number of benzene rings is 1. The van der Waals surface area contributed by atoms with Crippen molar-refractivity contribution in [2.75, 3.05) is 39.8 Å². The van der Waals surface area contributed by atoms with E-state index >= 15 is 0 Å². The minimum absolute atomic E-state index is 0.00646. The predicted molar refractivity (Wildman–Crippen MR) is 104 cm³/mol. The fourth-order valence-electron chi connectivity index (χ4n) is 3.42. The summed E-state index contributed by atoms with van der Waals surface area (Å²) >= 11 is 0. The molecule has 2 unspecified atom stereocenters. The third-order valence-electron chi connectivity index (χ3n) is 5.21. The lowest BCUT2D eigenvalue weighted by molar-refractivity contribution is -0.137. The van der Waals surface area contributed by atoms with Crippen LogP contribution in [0.15, 0.2) is 28.8 Å². The average molecular weight is 371 g/mol. The van der Waals surface area contributed by atoms with Crippen molar-refractivity contribution >= 4 is 5.91 Å². The zero-order valence-electron chi connectivity index (χ0n) is 16.6. The first-order chi connectivity index (χ1) is 13.0. The van der Waals surface area contributed by atoms with Gasteiger partial charge < -0.3 is 14.7 Å². The molecule has 3 rings (SSSR count). The van der Waals surface area contributed by atoms with E-state index in [9.17, 15) is 4.79 Å². The SMILES string of the molecule is CNCC(C)C(=O)N1CCN(C(C)c2nc(-c3ccc(C)cc3)no2)CC1. The summed E-state index contributed by atoms with van der Waals surface area (Å²) in [6.45, 7) is 9.89. The zero-order chi connectivity index (χ0) is 19.4. The quantitative estimate of drug-likeness (QED) is 0.838. The lowest BCUT2D eigenvalue weighted by Gasteiger charge is -2.37. The lowest BCUT2D eigenvalue weighted by Crippen LogP contribution is -2.51. The predicted octanol–water partition coefficient (Wildman–Crippen LogP) is 2.11. The molecule has 146 valence electrons. The minimum atomic E-state index is 0.00646. The van der Waals surface area contributed by atoms with Gasteiger partial charge in [0.1, 0.15) is 0 Å². The maximum atomic E-state index is 12.4. The van der Waals surface area contributed by atoms with E-state index in [2.05, 4.69) is 34.2 Å². The van der Waals surface area contributed by atoms with E-state index in [1.807, 2.05) is 43.1 Å². The minimum Gasteiger partial charge on any atom is -0.340 e. The maximum absolute atomic E-state index is 12.4. The zero-order valence-corrected chi connectivity index (χ0v) is 16.6. The van der Waals surface area contributed by atoms with Gasteiger partial charge in [0.05, 0.1) is 6.04 Å². The molecule has 0 spiro atoms. The highest BCUT2D eigenvalue weighted by Gasteiger charge is 2.29. The van der Waals surface area contributed by atoms with Gasteiger partial charge >= 0.3 is 0 Å². The molecule has 1 amide bonds. The van der Waals surface area contributed by atoms with E-state index in [4.69, 9.17) is 4.52 Å². The number of rotatable bonds is 6. The molecule has 2 heterocycles. The van der Waals surface area contributed by atoms with Gasteiger partial charge in [-0.2, -0.15) is 4.98 Å². The summed E-state index contributed by atoms with van der Waals surface area (Å²) in [6, 6.07) is 8.13. The molecule has 0 aliphatic carbocycles. The first-order valence-electron chi connectivity index (χ1n) is 9.57. The van der Waals surface area contributed by atoms with Crippen LogP contribution in [0, 0.1) is 12.8 Å². The number of amides is 1. The fourth-order valence-corrected chi connectivity index (χ4v) is 3.42. The van der Waals surface area contributed by atoms with E-state index < -0.39 is 0 Å². The van der Waals surface area contributed by atoms with Crippen LogP contribution in [0.4, 0.5) is 0 Å². The molecule has 7 heteroatoms. The van der Waals surface area contributed by atoms with E-state index in [1.165, 1.54) is 5.56 Å². The molecule has 0 saturated carbocycles. The number of nitrogens with one attached hydrogen (secondary N) is 1. The van der Waals surface area contributed by atoms with E-state index in [-0.39, 0.29) is 17.9 Å². The smallest absolute Gasteiger partial charge is 0.244 e. The Kier molecular flexibility index (Phi) is 6.23. The second-order valence-electron chi connectivity index (χ2n) is 7.32. The van der Waals surface area contributed by atoms with Gasteiger partial charge in [-0.05, 0) is 20.9 Å². The number of nitrogens with zero attached hydrogens (tertiary/aromatic N) is 4. The summed E-state index contributed by atoms with van der Waals surface area (Å²) in [5.74, 6) is 1.46. The molecule has 1 saturated heterocycles. The van der Waals surface area contributed by atoms with Gasteiger partial charge in [0.2, 0.25) is 17.6 Å². The molecule has 1 aromatic heterocycles. The Morgan fingerprint density at radius 2 is 1.85 bits per heavy atom. The van der Waals surface area contributed by atoms with E-state index in [0.29, 0.717) is 18.3 Å². The molecule has 1 aliphatic rings. The summed E-state index contributed by atoms with van der Waals surface area (Å²) < 4.78 is 5.52. The van der Waals surface area contributed by atoms with Gasteiger partial charge in [-0.3, -0.25) is 9.69 Å². The summed E-state index contributed by atoms with van der Waals surface area (Å²) in [4.78, 5) is 21.3. The second kappa shape index (κ2) is 8.63. The number of piperazine rings is 1. The normalized spacial score (nSPS) is 17.7. The van der Waals surface area contributed by atoms with E-state index in [1.54, 1.807) is 0 Å². The molecule has 7 nitrogen and oxygen atoms in total. The van der Waals surface area contributed by atoms with Gasteiger partial charge in [0, 0.05) is 44.2 Å². The molecular formula is C20H29N5O2. The molecule has 0 radical (unpaired) electrons. The van der Waals surface area contributed by atoms with Gasteiger partial charge in [0.15, 0.2) is 0 Å². The Morgan fingerprint density at radius 1 is 1.19 bits per heavy atom. The van der Waals surface area contributed by atoms with Crippen molar-refractivity contribution in [3.63, 3.8) is 0 Å². The van der Waals surface area contributed by atoms with Crippen LogP contribution < -0.4 is 5.32 Å². The fraction of sp³-hybridized carbons (Fsp3) is 0.550. The van der Waals surface area contributed by atoms with Crippen molar-refractivity contribution in [3.8, 4) is 11.4 Å². The first-order valence-corrected chi connectivity index (χ1v) is 9.57. The Balaban J connectivity index is 1.59. The largest absolute Gasteiger partial charge is 0.340 e. The topological polar surface area (TPSA) is 74.5 Å². The molecule has 0 bridgehead atoms. The van der Waals surface area contributed by atoms with Crippen LogP contribution in [-0.2, 0) is 4.79 Å². The van der Waals surface area contributed by atoms with Crippen molar-refractivity contribution < 1.29 is 9.32 Å². The Morgan fingerprint density at radius 3 is 2.48 bits per heavy atom. The van der Waals surface area contributed by atoms with Crippen LogP contribution in [0.25, 0.3) is 11.4 Å². The Hall–Kier alpha value is -2.25. The summed E-state index contributed by atoms with van der Waals surface area (Å²) in [7, 11) is 1.87. The second-order valence-corrected chi connectivity index (χ2v) is 7.32. The van der Waals surface area contributed by atoms with Crippen molar-refractivity contribution in [1.82, 2.24) is 25.3 Å². The third-order valence-corrected chi connectivity index (χ3v) is 5.21. The Bertz CT molecular complexity index is 750. The summed E-state index contributed by atoms with van der Waals surface area (Å²) in [6.07, 6.45) is 0. The molecule has 27 heavy (non-hydrogen) atoms. The summed E-state index contributed by atoms with van der Waals surface area (Å²) in [5, 5.41) is 7.20. The molecule has 1 fully saturated rings. The van der Waals surface area contributed by atoms with Gasteiger partial charge in [-0.1, -0.05) is 41.9 Å². The molecule has 1 aliphatic heterocycles. The monoisotopic (exact) mass is 371 g/mol. The summed E-state index contributed by atoms with van der Waals surface area (Å²) in [5.41, 5.74) is 2.16. The highest BCUT2D eigenvalue weighted by molar-refractivity contribution is 5.78. The van der Waals surface area contributed by atoms with Gasteiger partial charge in [-0.15, -0.1) is 0 Å². The molecular weight excluding hydrogens is 342 g/mol. The van der Waals surface area contributed by atoms with Crippen molar-refractivity contribution in [2.45, 2.75) is 26.8 Å². The number of aryl methyl sites for hydroxylation is 1. The molecule has 1 N–H and O–H groups in total. The lowest BCUT2D eigenvalue weighted by atomic mass is 10.1. The number of carbonyl (C=O) groups is 1.